The van der Waals surface area contributed by atoms with Crippen molar-refractivity contribution in [2.24, 2.45) is 5.73 Å². The SMILES string of the molecule is C/C=C\C(N)=C(\F)CC. The molecule has 2 N–H and O–H groups in total. The predicted octanol–water partition coefficient (Wildman–Crippen LogP) is 2.11. The quantitative estimate of drug-likeness (QED) is 0.568. The molecule has 0 aromatic rings. The van der Waals surface area contributed by atoms with E-state index in [1.165, 1.54) is 0 Å². The standard InChI is InChI=1S/C7H12FN/c1-3-5-7(9)6(8)4-2/h3,5H,4,9H2,1-2H3/b5-3-,7-6-. The van der Waals surface area contributed by atoms with Crippen molar-refractivity contribution in [1.29, 1.82) is 0 Å². The molecule has 0 rings (SSSR count). The van der Waals surface area contributed by atoms with Gasteiger partial charge in [0.1, 0.15) is 5.83 Å². The molecule has 0 bridgehead atoms. The highest BCUT2D eigenvalue weighted by Gasteiger charge is 1.92. The van der Waals surface area contributed by atoms with Crippen LogP contribution in [-0.2, 0) is 0 Å². The average molecular weight is 129 g/mol. The van der Waals surface area contributed by atoms with Gasteiger partial charge in [-0.15, -0.1) is 0 Å². The zero-order chi connectivity index (χ0) is 7.28. The summed E-state index contributed by atoms with van der Waals surface area (Å²) in [5, 5.41) is 0. The van der Waals surface area contributed by atoms with Gasteiger partial charge in [0.2, 0.25) is 0 Å². The van der Waals surface area contributed by atoms with Gasteiger partial charge in [-0.25, -0.2) is 4.39 Å². The maximum atomic E-state index is 12.4. The maximum absolute atomic E-state index is 12.4. The maximum Gasteiger partial charge on any atom is 0.122 e. The second kappa shape index (κ2) is 4.13. The van der Waals surface area contributed by atoms with E-state index < -0.39 is 0 Å². The molecule has 0 aliphatic heterocycles. The van der Waals surface area contributed by atoms with E-state index in [1.807, 2.05) is 0 Å². The van der Waals surface area contributed by atoms with Crippen LogP contribution in [0.5, 0.6) is 0 Å². The first-order valence-corrected chi connectivity index (χ1v) is 2.99. The molecule has 52 valence electrons. The Hall–Kier alpha value is -0.790. The summed E-state index contributed by atoms with van der Waals surface area (Å²) in [5.74, 6) is -0.242. The molecule has 0 aliphatic carbocycles. The van der Waals surface area contributed by atoms with Crippen LogP contribution in [0.3, 0.4) is 0 Å². The van der Waals surface area contributed by atoms with E-state index in [0.29, 0.717) is 6.42 Å². The van der Waals surface area contributed by atoms with Crippen molar-refractivity contribution in [3.63, 3.8) is 0 Å². The Balaban J connectivity index is 4.10. The molecule has 0 fully saturated rings. The summed E-state index contributed by atoms with van der Waals surface area (Å²) in [4.78, 5) is 0. The number of rotatable bonds is 2. The van der Waals surface area contributed by atoms with Crippen LogP contribution in [0.15, 0.2) is 23.7 Å². The van der Waals surface area contributed by atoms with Gasteiger partial charge in [-0.1, -0.05) is 13.0 Å². The highest BCUT2D eigenvalue weighted by atomic mass is 19.1. The lowest BCUT2D eigenvalue weighted by Crippen LogP contribution is -1.95. The molecule has 0 spiro atoms. The summed E-state index contributed by atoms with van der Waals surface area (Å²) >= 11 is 0. The van der Waals surface area contributed by atoms with E-state index in [1.54, 1.807) is 26.0 Å². The Morgan fingerprint density at radius 2 is 2.22 bits per heavy atom. The molecule has 0 saturated carbocycles. The lowest BCUT2D eigenvalue weighted by molar-refractivity contribution is 0.594. The Kier molecular flexibility index (Phi) is 3.76. The second-order valence-electron chi connectivity index (χ2n) is 1.71. The van der Waals surface area contributed by atoms with E-state index in [9.17, 15) is 4.39 Å². The minimum Gasteiger partial charge on any atom is -0.397 e. The normalized spacial score (nSPS) is 14.1. The minimum absolute atomic E-state index is 0.236. The van der Waals surface area contributed by atoms with E-state index in [2.05, 4.69) is 0 Å². The van der Waals surface area contributed by atoms with Crippen molar-refractivity contribution in [1.82, 2.24) is 0 Å². The number of halogens is 1. The zero-order valence-corrected chi connectivity index (χ0v) is 5.82. The number of allylic oxidation sites excluding steroid dienone is 3. The van der Waals surface area contributed by atoms with Crippen molar-refractivity contribution in [3.05, 3.63) is 23.7 Å². The van der Waals surface area contributed by atoms with Crippen LogP contribution < -0.4 is 5.73 Å². The van der Waals surface area contributed by atoms with E-state index in [4.69, 9.17) is 5.73 Å². The fraction of sp³-hybridized carbons (Fsp3) is 0.429. The van der Waals surface area contributed by atoms with Gasteiger partial charge in [-0.05, 0) is 19.4 Å². The first-order valence-electron chi connectivity index (χ1n) is 2.99. The van der Waals surface area contributed by atoms with Gasteiger partial charge in [-0.3, -0.25) is 0 Å². The summed E-state index contributed by atoms with van der Waals surface area (Å²) in [7, 11) is 0. The molecule has 0 unspecified atom stereocenters. The van der Waals surface area contributed by atoms with Crippen molar-refractivity contribution >= 4 is 0 Å². The monoisotopic (exact) mass is 129 g/mol. The molecule has 0 amide bonds. The van der Waals surface area contributed by atoms with Crippen LogP contribution in [0, 0.1) is 0 Å². The number of hydrogen-bond acceptors (Lipinski definition) is 1. The fourth-order valence-electron chi connectivity index (χ4n) is 0.474. The van der Waals surface area contributed by atoms with Gasteiger partial charge in [0, 0.05) is 0 Å². The number of nitrogens with two attached hydrogens (primary N) is 1. The Morgan fingerprint density at radius 3 is 2.56 bits per heavy atom. The molecule has 0 aromatic heterocycles. The molecule has 1 nitrogen and oxygen atoms in total. The first-order chi connectivity index (χ1) is 4.22. The lowest BCUT2D eigenvalue weighted by atomic mass is 10.3. The molecule has 0 atom stereocenters. The summed E-state index contributed by atoms with van der Waals surface area (Å²) in [6.07, 6.45) is 3.64. The summed E-state index contributed by atoms with van der Waals surface area (Å²) in [6.45, 7) is 3.53. The van der Waals surface area contributed by atoms with E-state index in [0.717, 1.165) is 0 Å². The van der Waals surface area contributed by atoms with E-state index in [-0.39, 0.29) is 11.5 Å². The fourth-order valence-corrected chi connectivity index (χ4v) is 0.474. The zero-order valence-electron chi connectivity index (χ0n) is 5.82. The molecule has 9 heavy (non-hydrogen) atoms. The smallest absolute Gasteiger partial charge is 0.122 e. The topological polar surface area (TPSA) is 26.0 Å². The molecule has 0 aromatic carbocycles. The van der Waals surface area contributed by atoms with Gasteiger partial charge < -0.3 is 5.73 Å². The highest BCUT2D eigenvalue weighted by molar-refractivity contribution is 5.17. The molecule has 0 aliphatic rings. The average Bonchev–Trinajstić information content (AvgIpc) is 1.87. The predicted molar refractivity (Wildman–Crippen MR) is 37.4 cm³/mol. The Labute approximate surface area is 55.1 Å². The van der Waals surface area contributed by atoms with Crippen molar-refractivity contribution in [2.45, 2.75) is 20.3 Å². The molecule has 2 heteroatoms. The van der Waals surface area contributed by atoms with Gasteiger partial charge in [0.05, 0.1) is 5.70 Å². The van der Waals surface area contributed by atoms with Gasteiger partial charge >= 0.3 is 0 Å². The van der Waals surface area contributed by atoms with E-state index >= 15 is 0 Å². The molecule has 0 radical (unpaired) electrons. The van der Waals surface area contributed by atoms with Crippen LogP contribution in [0.2, 0.25) is 0 Å². The third-order valence-electron chi connectivity index (χ3n) is 0.970. The molecular formula is C7H12FN. The van der Waals surface area contributed by atoms with Gasteiger partial charge in [-0.2, -0.15) is 0 Å². The second-order valence-corrected chi connectivity index (χ2v) is 1.71. The third-order valence-corrected chi connectivity index (χ3v) is 0.970. The molecule has 0 heterocycles. The van der Waals surface area contributed by atoms with Crippen LogP contribution in [-0.4, -0.2) is 0 Å². The largest absolute Gasteiger partial charge is 0.397 e. The first kappa shape index (κ1) is 8.21. The van der Waals surface area contributed by atoms with Crippen LogP contribution in [0.4, 0.5) is 4.39 Å². The van der Waals surface area contributed by atoms with Gasteiger partial charge in [0.15, 0.2) is 0 Å². The number of hydrogen-bond donors (Lipinski definition) is 1. The Morgan fingerprint density at radius 1 is 1.67 bits per heavy atom. The Bertz CT molecular complexity index is 136. The van der Waals surface area contributed by atoms with Crippen LogP contribution >= 0.6 is 0 Å². The van der Waals surface area contributed by atoms with Crippen LogP contribution in [0.1, 0.15) is 20.3 Å². The third kappa shape index (κ3) is 2.90. The van der Waals surface area contributed by atoms with Crippen molar-refractivity contribution in [3.8, 4) is 0 Å². The molecule has 0 saturated heterocycles. The highest BCUT2D eigenvalue weighted by Crippen LogP contribution is 2.05. The summed E-state index contributed by atoms with van der Waals surface area (Å²) < 4.78 is 12.4. The van der Waals surface area contributed by atoms with Crippen molar-refractivity contribution < 1.29 is 4.39 Å². The minimum atomic E-state index is -0.242. The summed E-state index contributed by atoms with van der Waals surface area (Å²) in [6, 6.07) is 0. The lowest BCUT2D eigenvalue weighted by Gasteiger charge is -1.93. The van der Waals surface area contributed by atoms with Crippen molar-refractivity contribution in [2.75, 3.05) is 0 Å². The van der Waals surface area contributed by atoms with Gasteiger partial charge in [0.25, 0.3) is 0 Å². The van der Waals surface area contributed by atoms with Crippen LogP contribution in [0.25, 0.3) is 0 Å². The summed E-state index contributed by atoms with van der Waals surface area (Å²) in [5.41, 5.74) is 5.49. The molecular weight excluding hydrogens is 117 g/mol.